The molecule has 0 N–H and O–H groups in total. The molecule has 1 atom stereocenters. The summed E-state index contributed by atoms with van der Waals surface area (Å²) in [7, 11) is -0.947. The van der Waals surface area contributed by atoms with Gasteiger partial charge in [0.1, 0.15) is 0 Å². The van der Waals surface area contributed by atoms with Crippen LogP contribution in [-0.2, 0) is 16.4 Å². The van der Waals surface area contributed by atoms with Crippen molar-refractivity contribution in [1.82, 2.24) is 15.0 Å². The summed E-state index contributed by atoms with van der Waals surface area (Å²) in [6.45, 7) is 4.51. The van der Waals surface area contributed by atoms with Crippen LogP contribution in [0.15, 0.2) is 4.52 Å². The molecule has 0 aromatic carbocycles. The Morgan fingerprint density at radius 2 is 2.22 bits per heavy atom. The molecule has 1 aliphatic heterocycles. The largest absolute Gasteiger partial charge is 0.339 e. The van der Waals surface area contributed by atoms with Crippen LogP contribution in [0.5, 0.6) is 0 Å². The maximum atomic E-state index is 11.4. The van der Waals surface area contributed by atoms with Crippen LogP contribution in [0.3, 0.4) is 0 Å². The molecule has 0 radical (unpaired) electrons. The van der Waals surface area contributed by atoms with Crippen LogP contribution in [-0.4, -0.2) is 48.1 Å². The fraction of sp³-hybridized carbons (Fsp3) is 0.818. The fourth-order valence-corrected chi connectivity index (χ4v) is 3.85. The Morgan fingerprint density at radius 3 is 2.72 bits per heavy atom. The number of aromatic nitrogens is 2. The Labute approximate surface area is 107 Å². The Kier molecular flexibility index (Phi) is 3.72. The van der Waals surface area contributed by atoms with Crippen molar-refractivity contribution in [2.45, 2.75) is 38.8 Å². The van der Waals surface area contributed by atoms with Crippen LogP contribution in [0, 0.1) is 0 Å². The summed E-state index contributed by atoms with van der Waals surface area (Å²) in [5.74, 6) is 1.97. The van der Waals surface area contributed by atoms with Crippen molar-refractivity contribution in [2.24, 2.45) is 0 Å². The van der Waals surface area contributed by atoms with Crippen LogP contribution in [0.2, 0.25) is 0 Å². The van der Waals surface area contributed by atoms with E-state index < -0.39 is 9.84 Å². The van der Waals surface area contributed by atoms with E-state index in [-0.39, 0.29) is 23.5 Å². The van der Waals surface area contributed by atoms with Crippen LogP contribution in [0.4, 0.5) is 0 Å². The molecule has 2 rings (SSSR count). The highest BCUT2D eigenvalue weighted by molar-refractivity contribution is 7.91. The van der Waals surface area contributed by atoms with Crippen LogP contribution in [0.25, 0.3) is 0 Å². The normalized spacial score (nSPS) is 23.1. The monoisotopic (exact) mass is 273 g/mol. The van der Waals surface area contributed by atoms with Crippen molar-refractivity contribution in [3.63, 3.8) is 0 Å². The lowest BCUT2D eigenvalue weighted by atomic mass is 10.2. The topological polar surface area (TPSA) is 76.3 Å². The SMILES string of the molecule is CC(C)c1nc(CN(C)C2CCS(=O)(=O)C2)no1. The second-order valence-corrected chi connectivity index (χ2v) is 7.40. The Morgan fingerprint density at radius 1 is 1.50 bits per heavy atom. The minimum atomic E-state index is -2.85. The average Bonchev–Trinajstić information content (AvgIpc) is 2.84. The van der Waals surface area contributed by atoms with Gasteiger partial charge in [0.05, 0.1) is 18.1 Å². The van der Waals surface area contributed by atoms with E-state index in [1.54, 1.807) is 0 Å². The first-order valence-electron chi connectivity index (χ1n) is 6.10. The lowest BCUT2D eigenvalue weighted by Gasteiger charge is -2.20. The van der Waals surface area contributed by atoms with Gasteiger partial charge in [0.25, 0.3) is 0 Å². The smallest absolute Gasteiger partial charge is 0.229 e. The zero-order valence-electron chi connectivity index (χ0n) is 11.0. The third-order valence-corrected chi connectivity index (χ3v) is 4.95. The number of hydrogen-bond acceptors (Lipinski definition) is 6. The molecule has 18 heavy (non-hydrogen) atoms. The van der Waals surface area contributed by atoms with Crippen molar-refractivity contribution in [2.75, 3.05) is 18.6 Å². The van der Waals surface area contributed by atoms with E-state index >= 15 is 0 Å². The number of nitrogens with zero attached hydrogens (tertiary/aromatic N) is 3. The molecule has 0 spiro atoms. The van der Waals surface area contributed by atoms with E-state index in [1.165, 1.54) is 0 Å². The predicted molar refractivity (Wildman–Crippen MR) is 66.9 cm³/mol. The van der Waals surface area contributed by atoms with E-state index in [0.717, 1.165) is 0 Å². The van der Waals surface area contributed by atoms with E-state index in [4.69, 9.17) is 4.52 Å². The summed E-state index contributed by atoms with van der Waals surface area (Å²) in [5, 5.41) is 3.91. The maximum Gasteiger partial charge on any atom is 0.229 e. The summed E-state index contributed by atoms with van der Waals surface area (Å²) in [4.78, 5) is 6.27. The fourth-order valence-electron chi connectivity index (χ4n) is 2.04. The van der Waals surface area contributed by atoms with E-state index in [0.29, 0.717) is 24.7 Å². The molecule has 0 bridgehead atoms. The van der Waals surface area contributed by atoms with Gasteiger partial charge in [0, 0.05) is 12.0 Å². The van der Waals surface area contributed by atoms with Gasteiger partial charge in [-0.25, -0.2) is 8.42 Å². The van der Waals surface area contributed by atoms with Gasteiger partial charge < -0.3 is 4.52 Å². The van der Waals surface area contributed by atoms with Gasteiger partial charge in [-0.2, -0.15) is 4.98 Å². The van der Waals surface area contributed by atoms with Gasteiger partial charge in [-0.3, -0.25) is 4.90 Å². The minimum Gasteiger partial charge on any atom is -0.339 e. The molecule has 0 aliphatic carbocycles. The summed E-state index contributed by atoms with van der Waals surface area (Å²) in [5.41, 5.74) is 0. The summed E-state index contributed by atoms with van der Waals surface area (Å²) in [6, 6.07) is 0.0657. The number of hydrogen-bond donors (Lipinski definition) is 0. The van der Waals surface area contributed by atoms with Crippen LogP contribution in [0.1, 0.15) is 37.9 Å². The van der Waals surface area contributed by atoms with E-state index in [1.807, 2.05) is 25.8 Å². The third kappa shape index (κ3) is 3.08. The third-order valence-electron chi connectivity index (χ3n) is 3.20. The van der Waals surface area contributed by atoms with Crippen molar-refractivity contribution in [1.29, 1.82) is 0 Å². The second-order valence-electron chi connectivity index (χ2n) is 5.18. The molecule has 7 heteroatoms. The first kappa shape index (κ1) is 13.5. The molecule has 1 saturated heterocycles. The van der Waals surface area contributed by atoms with Gasteiger partial charge in [0.2, 0.25) is 5.89 Å². The van der Waals surface area contributed by atoms with E-state index in [2.05, 4.69) is 10.1 Å². The van der Waals surface area contributed by atoms with Crippen molar-refractivity contribution < 1.29 is 12.9 Å². The molecular weight excluding hydrogens is 254 g/mol. The lowest BCUT2D eigenvalue weighted by Crippen LogP contribution is -2.32. The Hall–Kier alpha value is -0.950. The molecule has 1 aliphatic rings. The lowest BCUT2D eigenvalue weighted by molar-refractivity contribution is 0.243. The minimum absolute atomic E-state index is 0.0657. The van der Waals surface area contributed by atoms with Crippen LogP contribution >= 0.6 is 0 Å². The van der Waals surface area contributed by atoms with Crippen LogP contribution < -0.4 is 0 Å². The first-order chi connectivity index (χ1) is 8.37. The van der Waals surface area contributed by atoms with Crippen molar-refractivity contribution >= 4 is 9.84 Å². The molecule has 102 valence electrons. The number of sulfone groups is 1. The predicted octanol–water partition coefficient (Wildman–Crippen LogP) is 0.812. The Bertz CT molecular complexity index is 509. The second kappa shape index (κ2) is 4.97. The maximum absolute atomic E-state index is 11.4. The zero-order valence-corrected chi connectivity index (χ0v) is 11.8. The Balaban J connectivity index is 1.97. The molecular formula is C11H19N3O3S. The van der Waals surface area contributed by atoms with Gasteiger partial charge >= 0.3 is 0 Å². The zero-order chi connectivity index (χ0) is 13.3. The summed E-state index contributed by atoms with van der Waals surface area (Å²) >= 11 is 0. The highest BCUT2D eigenvalue weighted by Gasteiger charge is 2.31. The molecule has 1 aromatic heterocycles. The van der Waals surface area contributed by atoms with Crippen molar-refractivity contribution in [3.8, 4) is 0 Å². The quantitative estimate of drug-likeness (QED) is 0.808. The highest BCUT2D eigenvalue weighted by atomic mass is 32.2. The molecule has 0 amide bonds. The molecule has 1 fully saturated rings. The van der Waals surface area contributed by atoms with Crippen molar-refractivity contribution in [3.05, 3.63) is 11.7 Å². The van der Waals surface area contributed by atoms with Gasteiger partial charge in [-0.1, -0.05) is 19.0 Å². The van der Waals surface area contributed by atoms with Gasteiger partial charge in [0.15, 0.2) is 15.7 Å². The molecule has 6 nitrogen and oxygen atoms in total. The highest BCUT2D eigenvalue weighted by Crippen LogP contribution is 2.18. The van der Waals surface area contributed by atoms with Gasteiger partial charge in [-0.05, 0) is 13.5 Å². The average molecular weight is 273 g/mol. The molecule has 1 aromatic rings. The number of rotatable bonds is 4. The summed E-state index contributed by atoms with van der Waals surface area (Å²) < 4.78 is 28.0. The van der Waals surface area contributed by atoms with E-state index in [9.17, 15) is 8.42 Å². The summed E-state index contributed by atoms with van der Waals surface area (Å²) in [6.07, 6.45) is 0.688. The molecule has 1 unspecified atom stereocenters. The van der Waals surface area contributed by atoms with Gasteiger partial charge in [-0.15, -0.1) is 0 Å². The standard InChI is InChI=1S/C11H19N3O3S/c1-8(2)11-12-10(13-17-11)6-14(3)9-4-5-18(15,16)7-9/h8-9H,4-7H2,1-3H3. The first-order valence-corrected chi connectivity index (χ1v) is 7.92. The molecule has 2 heterocycles. The molecule has 0 saturated carbocycles.